The van der Waals surface area contributed by atoms with Gasteiger partial charge >= 0.3 is 0 Å². The molecule has 0 saturated carbocycles. The summed E-state index contributed by atoms with van der Waals surface area (Å²) in [5.41, 5.74) is 0.578. The second-order valence-electron chi connectivity index (χ2n) is 5.41. The monoisotopic (exact) mass is 384 g/mol. The van der Waals surface area contributed by atoms with Gasteiger partial charge in [-0.3, -0.25) is 14.6 Å². The predicted octanol–water partition coefficient (Wildman–Crippen LogP) is 1.32. The largest absolute Gasteiger partial charge is 0.507 e. The van der Waals surface area contributed by atoms with Gasteiger partial charge in [0.25, 0.3) is 5.91 Å². The van der Waals surface area contributed by atoms with E-state index in [1.165, 1.54) is 24.9 Å². The molecule has 8 nitrogen and oxygen atoms in total. The molecule has 0 bridgehead atoms. The average Bonchev–Trinajstić information content (AvgIpc) is 3.13. The molecule has 1 N–H and O–H groups in total. The van der Waals surface area contributed by atoms with Crippen LogP contribution in [-0.4, -0.2) is 80.6 Å². The highest BCUT2D eigenvalue weighted by atomic mass is 32.2. The maximum atomic E-state index is 12.1. The maximum absolute atomic E-state index is 12.1. The van der Waals surface area contributed by atoms with E-state index in [0.717, 1.165) is 5.06 Å². The Morgan fingerprint density at radius 1 is 1.31 bits per heavy atom. The number of hydrogen-bond acceptors (Lipinski definition) is 8. The Morgan fingerprint density at radius 3 is 2.77 bits per heavy atom. The van der Waals surface area contributed by atoms with Crippen LogP contribution in [0.15, 0.2) is 23.2 Å². The first-order chi connectivity index (χ1) is 12.6. The lowest BCUT2D eigenvalue weighted by Crippen LogP contribution is -2.34. The lowest BCUT2D eigenvalue weighted by molar-refractivity contribution is -0.169. The molecule has 0 aromatic heterocycles. The summed E-state index contributed by atoms with van der Waals surface area (Å²) in [5, 5.41) is 12.0. The quantitative estimate of drug-likeness (QED) is 0.481. The van der Waals surface area contributed by atoms with Crippen LogP contribution in [0.25, 0.3) is 0 Å². The van der Waals surface area contributed by atoms with Crippen LogP contribution in [0.3, 0.4) is 0 Å². The van der Waals surface area contributed by atoms with Gasteiger partial charge in [-0.25, -0.2) is 5.06 Å². The molecule has 0 aliphatic carbocycles. The van der Waals surface area contributed by atoms with Gasteiger partial charge in [0.15, 0.2) is 0 Å². The Kier molecular flexibility index (Phi) is 8.17. The molecule has 1 aliphatic rings. The Hall–Kier alpha value is -1.81. The fourth-order valence-corrected chi connectivity index (χ4v) is 3.26. The van der Waals surface area contributed by atoms with Crippen LogP contribution >= 0.6 is 11.8 Å². The molecule has 1 aliphatic heterocycles. The second-order valence-corrected chi connectivity index (χ2v) is 6.42. The molecule has 2 rings (SSSR count). The van der Waals surface area contributed by atoms with Gasteiger partial charge in [-0.05, 0) is 12.1 Å². The third-order valence-electron chi connectivity index (χ3n) is 3.65. The van der Waals surface area contributed by atoms with Crippen molar-refractivity contribution < 1.29 is 28.9 Å². The number of benzene rings is 1. The molecule has 1 atom stereocenters. The first-order valence-electron chi connectivity index (χ1n) is 8.12. The molecule has 26 heavy (non-hydrogen) atoms. The van der Waals surface area contributed by atoms with E-state index in [2.05, 4.69) is 4.99 Å². The smallest absolute Gasteiger partial charge is 0.271 e. The first kappa shape index (κ1) is 20.5. The number of aromatic hydroxyl groups is 1. The Morgan fingerprint density at radius 2 is 2.08 bits per heavy atom. The summed E-state index contributed by atoms with van der Waals surface area (Å²) in [5.74, 6) is 0.889. The number of hydroxylamine groups is 2. The van der Waals surface area contributed by atoms with E-state index in [1.807, 2.05) is 0 Å². The van der Waals surface area contributed by atoms with E-state index in [1.54, 1.807) is 26.3 Å². The lowest BCUT2D eigenvalue weighted by atomic mass is 10.2. The third kappa shape index (κ3) is 5.60. The van der Waals surface area contributed by atoms with Crippen molar-refractivity contribution in [3.63, 3.8) is 0 Å². The van der Waals surface area contributed by atoms with Gasteiger partial charge in [0.05, 0.1) is 26.9 Å². The van der Waals surface area contributed by atoms with E-state index >= 15 is 0 Å². The van der Waals surface area contributed by atoms with Crippen LogP contribution in [0.5, 0.6) is 11.5 Å². The molecule has 1 aromatic rings. The van der Waals surface area contributed by atoms with Crippen LogP contribution in [-0.2, 0) is 19.1 Å². The number of phenols is 1. The van der Waals surface area contributed by atoms with Crippen LogP contribution in [0.4, 0.5) is 0 Å². The number of ether oxygens (including phenoxy) is 3. The molecule has 1 amide bonds. The van der Waals surface area contributed by atoms with Gasteiger partial charge in [0.1, 0.15) is 29.2 Å². The number of rotatable bonds is 10. The van der Waals surface area contributed by atoms with Crippen molar-refractivity contribution in [3.8, 4) is 11.5 Å². The summed E-state index contributed by atoms with van der Waals surface area (Å²) in [4.78, 5) is 21.4. The molecule has 1 unspecified atom stereocenters. The van der Waals surface area contributed by atoms with Crippen molar-refractivity contribution in [2.24, 2.45) is 4.99 Å². The van der Waals surface area contributed by atoms with Gasteiger partial charge in [-0.15, -0.1) is 11.8 Å². The lowest BCUT2D eigenvalue weighted by Gasteiger charge is -2.15. The normalized spacial score (nSPS) is 16.4. The topological polar surface area (TPSA) is 89.8 Å². The van der Waals surface area contributed by atoms with Crippen LogP contribution in [0.2, 0.25) is 0 Å². The Labute approximate surface area is 157 Å². The number of nitrogens with zero attached hydrogens (tertiary/aromatic N) is 2. The van der Waals surface area contributed by atoms with E-state index in [-0.39, 0.29) is 11.7 Å². The minimum Gasteiger partial charge on any atom is -0.507 e. The molecule has 1 aromatic carbocycles. The summed E-state index contributed by atoms with van der Waals surface area (Å²) in [6.07, 6.45) is 0. The predicted molar refractivity (Wildman–Crippen MR) is 98.9 cm³/mol. The van der Waals surface area contributed by atoms with E-state index in [0.29, 0.717) is 48.5 Å². The van der Waals surface area contributed by atoms with Crippen molar-refractivity contribution in [2.45, 2.75) is 6.04 Å². The average molecular weight is 384 g/mol. The summed E-state index contributed by atoms with van der Waals surface area (Å²) < 4.78 is 15.7. The summed E-state index contributed by atoms with van der Waals surface area (Å²) in [6.45, 7) is 1.86. The number of methoxy groups -OCH3 is 1. The minimum atomic E-state index is -0.514. The number of carbonyl (C=O) groups excluding carboxylic acids is 1. The molecule has 1 heterocycles. The standard InChI is InChI=1S/C17H24N2O6S/c1-19(23-3)17(21)14-11-26-16(18-14)13-5-4-12(10-15(13)20)25-9-8-24-7-6-22-2/h4-5,10,14,20H,6-9,11H2,1-3H3. The minimum absolute atomic E-state index is 0.0576. The molecular formula is C17H24N2O6S. The van der Waals surface area contributed by atoms with Crippen molar-refractivity contribution in [1.29, 1.82) is 0 Å². The molecule has 0 fully saturated rings. The van der Waals surface area contributed by atoms with Crippen molar-refractivity contribution >= 4 is 22.7 Å². The molecule has 0 radical (unpaired) electrons. The van der Waals surface area contributed by atoms with Gasteiger partial charge < -0.3 is 19.3 Å². The molecule has 0 spiro atoms. The van der Waals surface area contributed by atoms with Crippen LogP contribution < -0.4 is 4.74 Å². The van der Waals surface area contributed by atoms with Gasteiger partial charge in [0, 0.05) is 31.5 Å². The van der Waals surface area contributed by atoms with E-state index in [9.17, 15) is 9.90 Å². The number of thioether (sulfide) groups is 1. The Balaban J connectivity index is 1.92. The van der Waals surface area contributed by atoms with Crippen LogP contribution in [0, 0.1) is 0 Å². The maximum Gasteiger partial charge on any atom is 0.271 e. The zero-order valence-electron chi connectivity index (χ0n) is 15.1. The highest BCUT2D eigenvalue weighted by Crippen LogP contribution is 2.31. The molecule has 0 saturated heterocycles. The number of aliphatic imine (C=N–C) groups is 1. The number of phenolic OH excluding ortho intramolecular Hbond substituents is 1. The fraction of sp³-hybridized carbons (Fsp3) is 0.529. The van der Waals surface area contributed by atoms with Crippen molar-refractivity contribution in [1.82, 2.24) is 5.06 Å². The van der Waals surface area contributed by atoms with Crippen LogP contribution in [0.1, 0.15) is 5.56 Å². The number of amides is 1. The highest BCUT2D eigenvalue weighted by molar-refractivity contribution is 8.14. The Bertz CT molecular complexity index is 640. The number of hydrogen-bond donors (Lipinski definition) is 1. The number of carbonyl (C=O) groups is 1. The summed E-state index contributed by atoms with van der Waals surface area (Å²) in [7, 11) is 4.59. The zero-order chi connectivity index (χ0) is 18.9. The SMILES string of the molecule is COCCOCCOc1ccc(C2=NC(C(=O)N(C)OC)CS2)c(O)c1. The van der Waals surface area contributed by atoms with Crippen molar-refractivity contribution in [3.05, 3.63) is 23.8 Å². The highest BCUT2D eigenvalue weighted by Gasteiger charge is 2.29. The third-order valence-corrected chi connectivity index (χ3v) is 4.73. The first-order valence-corrected chi connectivity index (χ1v) is 9.10. The molecular weight excluding hydrogens is 360 g/mol. The van der Waals surface area contributed by atoms with E-state index < -0.39 is 6.04 Å². The van der Waals surface area contributed by atoms with E-state index in [4.69, 9.17) is 19.0 Å². The zero-order valence-corrected chi connectivity index (χ0v) is 16.0. The summed E-state index contributed by atoms with van der Waals surface area (Å²) in [6, 6.07) is 4.50. The number of likely N-dealkylation sites (N-methyl/N-ethyl adjacent to an activating group) is 1. The molecule has 9 heteroatoms. The fourth-order valence-electron chi connectivity index (χ4n) is 2.19. The van der Waals surface area contributed by atoms with Gasteiger partial charge in [-0.2, -0.15) is 0 Å². The van der Waals surface area contributed by atoms with Crippen molar-refractivity contribution in [2.75, 3.05) is 53.4 Å². The van der Waals surface area contributed by atoms with Gasteiger partial charge in [0.2, 0.25) is 0 Å². The van der Waals surface area contributed by atoms with Gasteiger partial charge in [-0.1, -0.05) is 0 Å². The second kappa shape index (κ2) is 10.4. The molecule has 144 valence electrons. The summed E-state index contributed by atoms with van der Waals surface area (Å²) >= 11 is 1.42.